The molecule has 0 aliphatic carbocycles. The number of hydrogen-bond acceptors (Lipinski definition) is 9. The van der Waals surface area contributed by atoms with E-state index in [1.807, 2.05) is 54.7 Å². The van der Waals surface area contributed by atoms with Crippen LogP contribution in [0.5, 0.6) is 5.75 Å². The molecule has 13 heteroatoms. The van der Waals surface area contributed by atoms with Crippen LogP contribution in [0.3, 0.4) is 0 Å². The topological polar surface area (TPSA) is 162 Å². The molecule has 0 unspecified atom stereocenters. The number of methoxy groups -OCH3 is 1. The molecular formula is C46H47N5O8. The van der Waals surface area contributed by atoms with Crippen molar-refractivity contribution in [2.45, 2.75) is 57.6 Å². The van der Waals surface area contributed by atoms with Crippen molar-refractivity contribution < 1.29 is 38.6 Å². The number of esters is 1. The summed E-state index contributed by atoms with van der Waals surface area (Å²) in [6.45, 7) is 0.592. The number of aliphatic hydroxyl groups is 1. The molecule has 2 N–H and O–H groups in total. The van der Waals surface area contributed by atoms with Crippen LogP contribution in [-0.4, -0.2) is 81.0 Å². The third kappa shape index (κ3) is 9.26. The number of hydrogen-bond donors (Lipinski definition) is 2. The highest BCUT2D eigenvalue weighted by atomic mass is 16.5. The first-order valence-electron chi connectivity index (χ1n) is 19.7. The van der Waals surface area contributed by atoms with E-state index in [0.29, 0.717) is 58.2 Å². The number of carbonyl (C=O) groups excluding carboxylic acids is 5. The minimum atomic E-state index is -0.429. The fourth-order valence-electron chi connectivity index (χ4n) is 7.63. The molecule has 1 fully saturated rings. The van der Waals surface area contributed by atoms with Crippen LogP contribution in [0.15, 0.2) is 90.2 Å². The molecule has 1 atom stereocenters. The van der Waals surface area contributed by atoms with Gasteiger partial charge in [0.1, 0.15) is 5.75 Å². The molecule has 2 aliphatic rings. The number of rotatable bonds is 15. The Bertz CT molecular complexity index is 2430. The molecular weight excluding hydrogens is 751 g/mol. The van der Waals surface area contributed by atoms with Gasteiger partial charge in [-0.1, -0.05) is 36.4 Å². The summed E-state index contributed by atoms with van der Waals surface area (Å²) < 4.78 is 14.2. The van der Waals surface area contributed by atoms with Crippen molar-refractivity contribution in [3.63, 3.8) is 0 Å². The average molecular weight is 798 g/mol. The molecule has 2 aliphatic heterocycles. The lowest BCUT2D eigenvalue weighted by Gasteiger charge is -2.32. The lowest BCUT2D eigenvalue weighted by atomic mass is 10.0. The van der Waals surface area contributed by atoms with Crippen LogP contribution < -0.4 is 10.1 Å². The van der Waals surface area contributed by atoms with Gasteiger partial charge in [-0.25, -0.2) is 4.79 Å². The number of piperidine rings is 1. The Balaban J connectivity index is 0.894. The SMILES string of the molecule is COC(=O)c1ccc(CC(=O)c2cc(-c3ccc(CC(=O)c4cc(NC(=O)CCCOc5cc6c(cc5CO)C(=O)N5CCCC[C@H]5C=N6)cn4C)cc3)cn2C)cc1. The number of anilines is 1. The van der Waals surface area contributed by atoms with Crippen LogP contribution >= 0.6 is 0 Å². The molecule has 5 aromatic rings. The monoisotopic (exact) mass is 797 g/mol. The Labute approximate surface area is 342 Å². The van der Waals surface area contributed by atoms with E-state index in [1.54, 1.807) is 64.8 Å². The quantitative estimate of drug-likeness (QED) is 0.0675. The number of aromatic nitrogens is 2. The van der Waals surface area contributed by atoms with E-state index in [1.165, 1.54) is 7.11 Å². The molecule has 0 spiro atoms. The first-order chi connectivity index (χ1) is 28.5. The number of amides is 2. The summed E-state index contributed by atoms with van der Waals surface area (Å²) in [7, 11) is 4.91. The zero-order valence-electron chi connectivity index (χ0n) is 33.4. The van der Waals surface area contributed by atoms with Gasteiger partial charge < -0.3 is 33.9 Å². The van der Waals surface area contributed by atoms with Crippen molar-refractivity contribution in [3.05, 3.63) is 124 Å². The third-order valence-corrected chi connectivity index (χ3v) is 10.8. The van der Waals surface area contributed by atoms with E-state index in [4.69, 9.17) is 9.47 Å². The van der Waals surface area contributed by atoms with Crippen molar-refractivity contribution in [1.82, 2.24) is 14.0 Å². The highest BCUT2D eigenvalue weighted by Crippen LogP contribution is 2.34. The first kappa shape index (κ1) is 40.6. The van der Waals surface area contributed by atoms with Gasteiger partial charge in [0.05, 0.1) is 60.3 Å². The molecule has 13 nitrogen and oxygen atoms in total. The molecule has 304 valence electrons. The summed E-state index contributed by atoms with van der Waals surface area (Å²) in [6.07, 6.45) is 9.21. The molecule has 1 saturated heterocycles. The zero-order chi connectivity index (χ0) is 41.6. The standard InChI is InChI=1S/C46H47N5O8/c1-49-26-33(22-39(49)41(53)19-30-11-15-32(16-12-30)46(57)58-3)31-13-9-29(10-14-31)20-42(54)40-23-35(27-50(40)2)48-44(55)8-6-18-59-43-24-38-37(21-34(43)28-52)45(56)51-17-5-4-7-36(51)25-47-38/h9-16,21-27,36,52H,4-8,17-20,28H2,1-3H3,(H,48,55)/t36-/m0/s1. The number of fused-ring (bicyclic) bond motifs is 2. The van der Waals surface area contributed by atoms with Crippen LogP contribution in [0.25, 0.3) is 11.1 Å². The second kappa shape index (κ2) is 17.9. The minimum absolute atomic E-state index is 0.0301. The van der Waals surface area contributed by atoms with Crippen molar-refractivity contribution in [2.75, 3.05) is 25.6 Å². The second-order valence-electron chi connectivity index (χ2n) is 15.0. The minimum Gasteiger partial charge on any atom is -0.493 e. The maximum atomic E-state index is 13.4. The van der Waals surface area contributed by atoms with Crippen molar-refractivity contribution in [2.24, 2.45) is 19.1 Å². The van der Waals surface area contributed by atoms with Crippen LogP contribution in [0.2, 0.25) is 0 Å². The largest absolute Gasteiger partial charge is 0.493 e. The number of nitrogens with one attached hydrogen (secondary N) is 1. The predicted octanol–water partition coefficient (Wildman–Crippen LogP) is 6.67. The molecule has 4 heterocycles. The van der Waals surface area contributed by atoms with Gasteiger partial charge in [-0.3, -0.25) is 24.2 Å². The van der Waals surface area contributed by atoms with Gasteiger partial charge in [-0.2, -0.15) is 0 Å². The van der Waals surface area contributed by atoms with Gasteiger partial charge >= 0.3 is 5.97 Å². The summed E-state index contributed by atoms with van der Waals surface area (Å²) in [4.78, 5) is 70.8. The number of carbonyl (C=O) groups is 5. The van der Waals surface area contributed by atoms with Gasteiger partial charge in [-0.05, 0) is 72.7 Å². The number of Topliss-reactive ketones (excluding diaryl/α,β-unsaturated/α-hetero) is 2. The molecule has 59 heavy (non-hydrogen) atoms. The van der Waals surface area contributed by atoms with E-state index < -0.39 is 5.97 Å². The van der Waals surface area contributed by atoms with Gasteiger partial charge in [0.2, 0.25) is 5.91 Å². The van der Waals surface area contributed by atoms with Crippen LogP contribution in [-0.2, 0) is 43.1 Å². The molecule has 2 aromatic heterocycles. The average Bonchev–Trinajstić information content (AvgIpc) is 3.78. The van der Waals surface area contributed by atoms with Gasteiger partial charge in [0.15, 0.2) is 11.6 Å². The lowest BCUT2D eigenvalue weighted by Crippen LogP contribution is -2.43. The van der Waals surface area contributed by atoms with Crippen LogP contribution in [0, 0.1) is 0 Å². The summed E-state index contributed by atoms with van der Waals surface area (Å²) in [5, 5.41) is 12.9. The Kier molecular flexibility index (Phi) is 12.3. The number of benzene rings is 3. The maximum Gasteiger partial charge on any atom is 0.337 e. The summed E-state index contributed by atoms with van der Waals surface area (Å²) in [6, 6.07) is 21.2. The molecule has 7 rings (SSSR count). The maximum absolute atomic E-state index is 13.4. The number of ketones is 2. The van der Waals surface area contributed by atoms with Crippen LogP contribution in [0.1, 0.15) is 90.5 Å². The van der Waals surface area contributed by atoms with Crippen molar-refractivity contribution >= 4 is 46.9 Å². The van der Waals surface area contributed by atoms with E-state index >= 15 is 0 Å². The van der Waals surface area contributed by atoms with Crippen molar-refractivity contribution in [1.29, 1.82) is 0 Å². The van der Waals surface area contributed by atoms with E-state index in [9.17, 15) is 29.1 Å². The fourth-order valence-corrected chi connectivity index (χ4v) is 7.63. The van der Waals surface area contributed by atoms with E-state index in [-0.39, 0.29) is 61.9 Å². The Morgan fingerprint density at radius 3 is 2.22 bits per heavy atom. The fraction of sp³-hybridized carbons (Fsp3) is 0.304. The smallest absolute Gasteiger partial charge is 0.337 e. The molecule has 0 bridgehead atoms. The number of aliphatic hydroxyl groups excluding tert-OH is 1. The Morgan fingerprint density at radius 2 is 1.53 bits per heavy atom. The number of aryl methyl sites for hydroxylation is 2. The zero-order valence-corrected chi connectivity index (χ0v) is 33.4. The molecule has 0 saturated carbocycles. The second-order valence-corrected chi connectivity index (χ2v) is 15.0. The highest BCUT2D eigenvalue weighted by Gasteiger charge is 2.31. The third-order valence-electron chi connectivity index (χ3n) is 10.8. The van der Waals surface area contributed by atoms with Crippen LogP contribution in [0.4, 0.5) is 11.4 Å². The Hall–Kier alpha value is -6.60. The molecule has 3 aromatic carbocycles. The number of nitrogens with zero attached hydrogens (tertiary/aromatic N) is 4. The van der Waals surface area contributed by atoms with Crippen molar-refractivity contribution in [3.8, 4) is 16.9 Å². The first-order valence-corrected chi connectivity index (χ1v) is 19.7. The summed E-state index contributed by atoms with van der Waals surface area (Å²) in [5.41, 5.74) is 6.78. The Morgan fingerprint density at radius 1 is 0.847 bits per heavy atom. The molecule has 0 radical (unpaired) electrons. The predicted molar refractivity (Wildman–Crippen MR) is 223 cm³/mol. The molecule has 2 amide bonds. The highest BCUT2D eigenvalue weighted by molar-refractivity contribution is 6.03. The lowest BCUT2D eigenvalue weighted by molar-refractivity contribution is -0.116. The van der Waals surface area contributed by atoms with Gasteiger partial charge in [0, 0.05) is 75.7 Å². The summed E-state index contributed by atoms with van der Waals surface area (Å²) in [5.74, 6) is -0.485. The summed E-state index contributed by atoms with van der Waals surface area (Å²) >= 11 is 0. The van der Waals surface area contributed by atoms with E-state index in [2.05, 4.69) is 10.3 Å². The van der Waals surface area contributed by atoms with Gasteiger partial charge in [-0.15, -0.1) is 0 Å². The van der Waals surface area contributed by atoms with Gasteiger partial charge in [0.25, 0.3) is 5.91 Å². The number of aliphatic imine (C=N–C) groups is 1. The van der Waals surface area contributed by atoms with E-state index in [0.717, 1.165) is 41.5 Å². The normalized spacial score (nSPS) is 14.6. The number of ether oxygens (including phenoxy) is 2.